The molecule has 2 aromatic heterocycles. The summed E-state index contributed by atoms with van der Waals surface area (Å²) < 4.78 is 35.1. The second-order valence-corrected chi connectivity index (χ2v) is 16.8. The summed E-state index contributed by atoms with van der Waals surface area (Å²) in [7, 11) is 0. The summed E-state index contributed by atoms with van der Waals surface area (Å²) >= 11 is 0. The van der Waals surface area contributed by atoms with Crippen molar-refractivity contribution in [1.29, 1.82) is 0 Å². The van der Waals surface area contributed by atoms with Crippen LogP contribution in [0.2, 0.25) is 0 Å². The summed E-state index contributed by atoms with van der Waals surface area (Å²) in [6.07, 6.45) is 9.68. The average molecular weight is 813 g/mol. The lowest BCUT2D eigenvalue weighted by molar-refractivity contribution is 0.0492. The predicted molar refractivity (Wildman–Crippen MR) is 219 cm³/mol. The summed E-state index contributed by atoms with van der Waals surface area (Å²) in [5.41, 5.74) is 1.67. The molecule has 6 heterocycles. The first-order valence-corrected chi connectivity index (χ1v) is 21.5. The van der Waals surface area contributed by atoms with E-state index in [1.807, 2.05) is 41.5 Å². The number of rotatable bonds is 12. The highest BCUT2D eigenvalue weighted by molar-refractivity contribution is 5.68. The van der Waals surface area contributed by atoms with Gasteiger partial charge in [-0.15, -0.1) is 0 Å². The number of piperidine rings is 4. The van der Waals surface area contributed by atoms with Gasteiger partial charge in [-0.05, 0) is 86.2 Å². The third-order valence-electron chi connectivity index (χ3n) is 10.6. The SMILES string of the molecule is Cc1c(OC2CCN(CC(C)C)CC2)ncnc1OC1CCN(C(=O)OC(C)C)CC1.Cc1c(OC2CCNCC2)ncnc1OC1CCN(C(=O)OC(C)C)CC1. The number of likely N-dealkylation sites (tertiary alicyclic amines) is 3. The molecule has 324 valence electrons. The quantitative estimate of drug-likeness (QED) is 0.267. The van der Waals surface area contributed by atoms with Crippen molar-refractivity contribution in [2.24, 2.45) is 5.92 Å². The lowest BCUT2D eigenvalue weighted by Gasteiger charge is -2.33. The van der Waals surface area contributed by atoms with E-state index in [2.05, 4.69) is 44.0 Å². The second-order valence-electron chi connectivity index (χ2n) is 16.8. The third kappa shape index (κ3) is 14.0. The molecule has 0 radical (unpaired) electrons. The van der Waals surface area contributed by atoms with Crippen molar-refractivity contribution in [2.45, 2.75) is 143 Å². The Morgan fingerprint density at radius 2 is 0.897 bits per heavy atom. The minimum Gasteiger partial charge on any atom is -0.474 e. The van der Waals surface area contributed by atoms with Crippen LogP contribution in [-0.2, 0) is 9.47 Å². The average Bonchev–Trinajstić information content (AvgIpc) is 3.19. The molecule has 0 atom stereocenters. The molecule has 4 aliphatic heterocycles. The Hall–Kier alpha value is -4.18. The van der Waals surface area contributed by atoms with Gasteiger partial charge in [0.1, 0.15) is 37.1 Å². The third-order valence-corrected chi connectivity index (χ3v) is 10.6. The van der Waals surface area contributed by atoms with E-state index in [1.165, 1.54) is 12.7 Å². The van der Waals surface area contributed by atoms with E-state index < -0.39 is 0 Å². The summed E-state index contributed by atoms with van der Waals surface area (Å²) in [4.78, 5) is 47.3. The van der Waals surface area contributed by atoms with Crippen LogP contribution < -0.4 is 24.3 Å². The molecule has 4 fully saturated rings. The molecule has 0 bridgehead atoms. The molecule has 58 heavy (non-hydrogen) atoms. The molecule has 2 aromatic rings. The normalized spacial score (nSPS) is 19.2. The highest BCUT2D eigenvalue weighted by Gasteiger charge is 2.29. The number of carbonyl (C=O) groups is 2. The molecule has 0 saturated carbocycles. The second kappa shape index (κ2) is 22.3. The fourth-order valence-corrected chi connectivity index (χ4v) is 7.45. The summed E-state index contributed by atoms with van der Waals surface area (Å²) in [5, 5.41) is 3.33. The molecular weight excluding hydrogens is 745 g/mol. The van der Waals surface area contributed by atoms with E-state index in [1.54, 1.807) is 9.80 Å². The first-order chi connectivity index (χ1) is 27.8. The fourth-order valence-electron chi connectivity index (χ4n) is 7.45. The highest BCUT2D eigenvalue weighted by atomic mass is 16.6. The van der Waals surface area contributed by atoms with E-state index >= 15 is 0 Å². The van der Waals surface area contributed by atoms with Crippen molar-refractivity contribution in [3.05, 3.63) is 23.8 Å². The lowest BCUT2D eigenvalue weighted by atomic mass is 10.1. The van der Waals surface area contributed by atoms with Gasteiger partial charge in [0.2, 0.25) is 23.5 Å². The first-order valence-electron chi connectivity index (χ1n) is 21.5. The van der Waals surface area contributed by atoms with E-state index in [-0.39, 0.29) is 48.8 Å². The van der Waals surface area contributed by atoms with Crippen LogP contribution in [0.3, 0.4) is 0 Å². The fraction of sp³-hybridized carbons (Fsp3) is 0.762. The molecule has 0 aromatic carbocycles. The molecule has 6 rings (SSSR count). The molecule has 16 nitrogen and oxygen atoms in total. The van der Waals surface area contributed by atoms with Crippen LogP contribution in [0.1, 0.15) is 104 Å². The van der Waals surface area contributed by atoms with E-state index in [0.717, 1.165) is 95.2 Å². The van der Waals surface area contributed by atoms with Crippen LogP contribution in [0.15, 0.2) is 12.7 Å². The molecule has 0 spiro atoms. The van der Waals surface area contributed by atoms with Crippen LogP contribution in [-0.4, -0.2) is 142 Å². The Labute approximate surface area is 345 Å². The van der Waals surface area contributed by atoms with Gasteiger partial charge in [-0.25, -0.2) is 29.5 Å². The van der Waals surface area contributed by atoms with Crippen molar-refractivity contribution < 1.29 is 38.0 Å². The van der Waals surface area contributed by atoms with Gasteiger partial charge in [-0.2, -0.15) is 0 Å². The maximum atomic E-state index is 12.1. The predicted octanol–water partition coefficient (Wildman–Crippen LogP) is 5.98. The first kappa shape index (κ1) is 44.9. The zero-order valence-corrected chi connectivity index (χ0v) is 36.1. The Kier molecular flexibility index (Phi) is 17.2. The van der Waals surface area contributed by atoms with Gasteiger partial charge < -0.3 is 48.4 Å². The van der Waals surface area contributed by atoms with Gasteiger partial charge in [-0.1, -0.05) is 13.8 Å². The van der Waals surface area contributed by atoms with E-state index in [0.29, 0.717) is 55.6 Å². The maximum absolute atomic E-state index is 12.1. The highest BCUT2D eigenvalue weighted by Crippen LogP contribution is 2.29. The van der Waals surface area contributed by atoms with Crippen LogP contribution in [0.5, 0.6) is 23.5 Å². The molecule has 4 saturated heterocycles. The summed E-state index contributed by atoms with van der Waals surface area (Å²) in [5.74, 6) is 3.05. The van der Waals surface area contributed by atoms with Gasteiger partial charge in [0.15, 0.2) is 0 Å². The maximum Gasteiger partial charge on any atom is 0.410 e. The molecule has 2 amide bonds. The smallest absolute Gasteiger partial charge is 0.410 e. The summed E-state index contributed by atoms with van der Waals surface area (Å²) in [6.45, 7) is 23.5. The van der Waals surface area contributed by atoms with Gasteiger partial charge in [-0.3, -0.25) is 0 Å². The van der Waals surface area contributed by atoms with E-state index in [9.17, 15) is 9.59 Å². The molecule has 0 unspecified atom stereocenters. The van der Waals surface area contributed by atoms with Gasteiger partial charge in [0.05, 0.1) is 23.3 Å². The van der Waals surface area contributed by atoms with Crippen molar-refractivity contribution in [1.82, 2.24) is 40.0 Å². The van der Waals surface area contributed by atoms with E-state index in [4.69, 9.17) is 28.4 Å². The van der Waals surface area contributed by atoms with Gasteiger partial charge in [0, 0.05) is 71.5 Å². The van der Waals surface area contributed by atoms with Crippen LogP contribution in [0.4, 0.5) is 9.59 Å². The molecule has 4 aliphatic rings. The van der Waals surface area contributed by atoms with Crippen molar-refractivity contribution in [2.75, 3.05) is 58.9 Å². The number of hydrogen-bond donors (Lipinski definition) is 1. The van der Waals surface area contributed by atoms with Crippen LogP contribution in [0.25, 0.3) is 0 Å². The molecule has 0 aliphatic carbocycles. The number of nitrogens with one attached hydrogen (secondary N) is 1. The number of aromatic nitrogens is 4. The molecule has 16 heteroatoms. The zero-order valence-electron chi connectivity index (χ0n) is 36.1. The Morgan fingerprint density at radius 1 is 0.569 bits per heavy atom. The summed E-state index contributed by atoms with van der Waals surface area (Å²) in [6, 6.07) is 0. The van der Waals surface area contributed by atoms with Crippen LogP contribution in [0, 0.1) is 19.8 Å². The number of hydrogen-bond acceptors (Lipinski definition) is 14. The number of nitrogens with zero attached hydrogens (tertiary/aromatic N) is 7. The van der Waals surface area contributed by atoms with Gasteiger partial charge >= 0.3 is 12.2 Å². The minimum atomic E-state index is -0.251. The number of ether oxygens (including phenoxy) is 6. The van der Waals surface area contributed by atoms with Crippen molar-refractivity contribution >= 4 is 12.2 Å². The number of carbonyl (C=O) groups excluding carboxylic acids is 2. The zero-order chi connectivity index (χ0) is 41.6. The van der Waals surface area contributed by atoms with Crippen molar-refractivity contribution in [3.63, 3.8) is 0 Å². The molecule has 1 N–H and O–H groups in total. The number of amides is 2. The topological polar surface area (TPSA) is 163 Å². The Bertz CT molecular complexity index is 1570. The lowest BCUT2D eigenvalue weighted by Crippen LogP contribution is -2.42. The monoisotopic (exact) mass is 813 g/mol. The van der Waals surface area contributed by atoms with Gasteiger partial charge in [0.25, 0.3) is 0 Å². The minimum absolute atomic E-state index is 0.0174. The largest absolute Gasteiger partial charge is 0.474 e. The van der Waals surface area contributed by atoms with Crippen molar-refractivity contribution in [3.8, 4) is 23.5 Å². The van der Waals surface area contributed by atoms with Crippen LogP contribution >= 0.6 is 0 Å². The Morgan fingerprint density at radius 3 is 1.22 bits per heavy atom. The standard InChI is InChI=1S/C23H38N4O4.C19H30N4O4/c1-16(2)14-26-10-6-19(7-11-26)30-21-18(5)22(25-15-24-21)31-20-8-12-27(13-9-20)23(28)29-17(3)4;1-13(2)25-19(24)23-10-6-16(7-11-23)27-18-14(3)17(21-12-22-18)26-15-4-8-20-9-5-15/h15-17,19-20H,6-14H2,1-5H3;12-13,15-16,20H,4-11H2,1-3H3. The molecular formula is C42H68N8O8. The Balaban J connectivity index is 0.000000223.